The van der Waals surface area contributed by atoms with E-state index in [0.717, 1.165) is 6.42 Å². The van der Waals surface area contributed by atoms with E-state index in [9.17, 15) is 0 Å². The fourth-order valence-electron chi connectivity index (χ4n) is 0.602. The first-order valence-electron chi connectivity index (χ1n) is 4.16. The van der Waals surface area contributed by atoms with E-state index < -0.39 is 0 Å². The van der Waals surface area contributed by atoms with Crippen molar-refractivity contribution in [1.82, 2.24) is 0 Å². The molecule has 1 aliphatic carbocycles. The SMILES string of the molecule is C[C](=[Bi])C(C)=[C](C)[Bi].[C-]1=CC=CC1.[Cl-].[Cl-].[Zr+3]. The van der Waals surface area contributed by atoms with Gasteiger partial charge in [-0.1, -0.05) is 0 Å². The van der Waals surface area contributed by atoms with E-state index in [1.54, 1.807) is 6.49 Å². The fourth-order valence-corrected chi connectivity index (χ4v) is 3.37. The van der Waals surface area contributed by atoms with Gasteiger partial charge in [-0.15, -0.1) is 6.42 Å². The molecular formula is C11H14Bi2Cl2Zr. The summed E-state index contributed by atoms with van der Waals surface area (Å²) in [6.45, 7) is 6.63. The average molecular weight is 726 g/mol. The van der Waals surface area contributed by atoms with Crippen LogP contribution in [0.25, 0.3) is 0 Å². The maximum atomic E-state index is 2.99. The van der Waals surface area contributed by atoms with Crippen molar-refractivity contribution in [1.29, 1.82) is 0 Å². The van der Waals surface area contributed by atoms with Gasteiger partial charge in [-0.05, 0) is 0 Å². The smallest absolute Gasteiger partial charge is 1.00 e. The molecule has 0 aliphatic heterocycles. The second kappa shape index (κ2) is 17.3. The van der Waals surface area contributed by atoms with Crippen molar-refractivity contribution in [3.05, 3.63) is 33.2 Å². The number of hydrogen-bond acceptors (Lipinski definition) is 0. The molecule has 0 amide bonds. The van der Waals surface area contributed by atoms with Crippen LogP contribution in [0, 0.1) is 6.08 Å². The molecule has 0 heterocycles. The second-order valence-electron chi connectivity index (χ2n) is 2.80. The Morgan fingerprint density at radius 2 is 1.69 bits per heavy atom. The Labute approximate surface area is 161 Å². The first kappa shape index (κ1) is 26.8. The Morgan fingerprint density at radius 3 is 1.75 bits per heavy atom. The van der Waals surface area contributed by atoms with Crippen molar-refractivity contribution in [2.75, 3.05) is 0 Å². The van der Waals surface area contributed by atoms with Crippen LogP contribution in [-0.4, -0.2) is 52.2 Å². The van der Waals surface area contributed by atoms with Gasteiger partial charge in [0.1, 0.15) is 0 Å². The Kier molecular flexibility index (Phi) is 29.0. The monoisotopic (exact) mass is 724 g/mol. The van der Waals surface area contributed by atoms with Crippen LogP contribution in [0.2, 0.25) is 0 Å². The average Bonchev–Trinajstić information content (AvgIpc) is 2.59. The third-order valence-electron chi connectivity index (χ3n) is 1.67. The topological polar surface area (TPSA) is 0 Å². The van der Waals surface area contributed by atoms with Gasteiger partial charge < -0.3 is 24.8 Å². The first-order valence-corrected chi connectivity index (χ1v) is 7.64. The molecule has 5 heteroatoms. The van der Waals surface area contributed by atoms with Crippen LogP contribution in [0.15, 0.2) is 27.1 Å². The molecule has 0 aromatic rings. The number of halogens is 2. The van der Waals surface area contributed by atoms with Gasteiger partial charge in [0.25, 0.3) is 0 Å². The van der Waals surface area contributed by atoms with Crippen molar-refractivity contribution in [2.45, 2.75) is 27.2 Å². The Hall–Kier alpha value is 2.32. The molecule has 0 nitrogen and oxygen atoms in total. The van der Waals surface area contributed by atoms with Gasteiger partial charge in [0.05, 0.1) is 0 Å². The molecule has 1 aliphatic rings. The molecule has 0 bridgehead atoms. The second-order valence-corrected chi connectivity index (χ2v) is 8.01. The van der Waals surface area contributed by atoms with Gasteiger partial charge in [0, 0.05) is 0 Å². The Balaban J connectivity index is -0.0000000798. The normalized spacial score (nSPS) is 12.0. The summed E-state index contributed by atoms with van der Waals surface area (Å²) >= 11 is 2.83. The molecule has 0 aromatic heterocycles. The summed E-state index contributed by atoms with van der Waals surface area (Å²) in [5.74, 6) is 0. The van der Waals surface area contributed by atoms with E-state index in [0.29, 0.717) is 0 Å². The molecule has 0 fully saturated rings. The maximum absolute atomic E-state index is 2.99. The van der Waals surface area contributed by atoms with E-state index in [1.807, 2.05) is 12.2 Å². The molecule has 0 atom stereocenters. The van der Waals surface area contributed by atoms with Crippen LogP contribution in [0.5, 0.6) is 0 Å². The number of allylic oxidation sites excluding steroid dienone is 6. The van der Waals surface area contributed by atoms with Crippen LogP contribution in [0.3, 0.4) is 0 Å². The summed E-state index contributed by atoms with van der Waals surface area (Å²) in [5.41, 5.74) is 1.53. The van der Waals surface area contributed by atoms with Crippen molar-refractivity contribution in [3.8, 4) is 0 Å². The van der Waals surface area contributed by atoms with Crippen molar-refractivity contribution < 1.29 is 51.0 Å². The van der Waals surface area contributed by atoms with Gasteiger partial charge in [-0.25, -0.2) is 12.2 Å². The molecule has 0 spiro atoms. The van der Waals surface area contributed by atoms with Crippen molar-refractivity contribution in [2.24, 2.45) is 0 Å². The summed E-state index contributed by atoms with van der Waals surface area (Å²) in [5, 5.41) is 0. The van der Waals surface area contributed by atoms with Crippen LogP contribution in [0.1, 0.15) is 27.2 Å². The zero-order valence-electron chi connectivity index (χ0n) is 9.59. The largest absolute Gasteiger partial charge is 3.00 e. The molecule has 0 aromatic carbocycles. The molecule has 1 rings (SSSR count). The van der Waals surface area contributed by atoms with Crippen molar-refractivity contribution >= 4 is 52.2 Å². The first-order chi connectivity index (χ1) is 6.05. The molecule has 0 unspecified atom stereocenters. The van der Waals surface area contributed by atoms with Gasteiger partial charge >= 0.3 is 108 Å². The minimum atomic E-state index is 0. The molecule has 86 valence electrons. The summed E-state index contributed by atoms with van der Waals surface area (Å²) < 4.78 is 3.12. The van der Waals surface area contributed by atoms with Gasteiger partial charge in [-0.3, -0.25) is 6.08 Å². The fraction of sp³-hybridized carbons (Fsp3) is 0.364. The Bertz CT molecular complexity index is 257. The number of hydrogen-bond donors (Lipinski definition) is 0. The molecule has 0 saturated carbocycles. The molecule has 16 heavy (non-hydrogen) atoms. The van der Waals surface area contributed by atoms with Gasteiger partial charge in [-0.2, -0.15) is 6.08 Å². The Morgan fingerprint density at radius 1 is 1.19 bits per heavy atom. The number of rotatable bonds is 1. The van der Waals surface area contributed by atoms with Crippen LogP contribution < -0.4 is 24.8 Å². The minimum Gasteiger partial charge on any atom is -1.00 e. The van der Waals surface area contributed by atoms with E-state index in [2.05, 4.69) is 32.9 Å². The summed E-state index contributed by atoms with van der Waals surface area (Å²) in [4.78, 5) is 0. The zero-order valence-corrected chi connectivity index (χ0v) is 20.5. The van der Waals surface area contributed by atoms with Crippen LogP contribution in [-0.2, 0) is 26.2 Å². The van der Waals surface area contributed by atoms with Crippen molar-refractivity contribution in [3.63, 3.8) is 0 Å². The predicted octanol–water partition coefficient (Wildman–Crippen LogP) is -3.88. The predicted molar refractivity (Wildman–Crippen MR) is 62.1 cm³/mol. The molecular weight excluding hydrogens is 712 g/mol. The zero-order chi connectivity index (χ0) is 10.3. The van der Waals surface area contributed by atoms with Crippen LogP contribution >= 0.6 is 0 Å². The van der Waals surface area contributed by atoms with E-state index in [1.165, 1.54) is 54.5 Å². The van der Waals surface area contributed by atoms with Gasteiger partial charge in [0.15, 0.2) is 0 Å². The molecule has 0 saturated heterocycles. The third-order valence-corrected chi connectivity index (χ3v) is 4.28. The molecule has 4 radical (unpaired) electrons. The van der Waals surface area contributed by atoms with Gasteiger partial charge in [0.2, 0.25) is 0 Å². The maximum Gasteiger partial charge on any atom is 3.00 e. The third kappa shape index (κ3) is 16.3. The minimum absolute atomic E-state index is 0. The standard InChI is InChI=1S/C6H9.C5H5.2Bi.2ClH.Zr/c1-4-6(3)5-2;1-2-4-5-3-1;;;;;/h1-3H3;1-3H,4H2;;;2*1H;/q;-1;;;;;+3/p-2. The summed E-state index contributed by atoms with van der Waals surface area (Å²) in [6, 6.07) is 0. The van der Waals surface area contributed by atoms with E-state index in [4.69, 9.17) is 0 Å². The van der Waals surface area contributed by atoms with E-state index in [-0.39, 0.29) is 51.0 Å². The quantitative estimate of drug-likeness (QED) is 0.192. The molecule has 0 N–H and O–H groups in total. The summed E-state index contributed by atoms with van der Waals surface area (Å²) in [6.07, 6.45) is 10.0. The van der Waals surface area contributed by atoms with Crippen LogP contribution in [0.4, 0.5) is 0 Å². The van der Waals surface area contributed by atoms with E-state index >= 15 is 0 Å². The summed E-state index contributed by atoms with van der Waals surface area (Å²) in [7, 11) is 0.